The summed E-state index contributed by atoms with van der Waals surface area (Å²) in [6, 6.07) is 10.0. The van der Waals surface area contributed by atoms with Gasteiger partial charge in [-0.15, -0.1) is 0 Å². The molecule has 1 heterocycles. The van der Waals surface area contributed by atoms with Crippen LogP contribution in [0.4, 0.5) is 0 Å². The quantitative estimate of drug-likeness (QED) is 0.843. The van der Waals surface area contributed by atoms with E-state index in [1.165, 1.54) is 5.56 Å². The van der Waals surface area contributed by atoms with E-state index in [0.717, 1.165) is 17.0 Å². The Balaban J connectivity index is 2.61. The summed E-state index contributed by atoms with van der Waals surface area (Å²) in [5.74, 6) is -0.378. The second-order valence-corrected chi connectivity index (χ2v) is 4.32. The van der Waals surface area contributed by atoms with E-state index in [2.05, 4.69) is 6.07 Å². The predicted molar refractivity (Wildman–Crippen MR) is 68.8 cm³/mol. The second kappa shape index (κ2) is 4.09. The van der Waals surface area contributed by atoms with Crippen LogP contribution in [0.25, 0.3) is 11.3 Å². The lowest BCUT2D eigenvalue weighted by atomic mass is 10.1. The van der Waals surface area contributed by atoms with E-state index in [4.69, 9.17) is 5.73 Å². The molecule has 1 aromatic heterocycles. The third-order valence-electron chi connectivity index (χ3n) is 3.11. The molecule has 2 N–H and O–H groups in total. The largest absolute Gasteiger partial charge is 0.366 e. The number of carbonyl (C=O) groups is 1. The summed E-state index contributed by atoms with van der Waals surface area (Å²) in [5.41, 5.74) is 10.1. The molecule has 0 aliphatic heterocycles. The van der Waals surface area contributed by atoms with Gasteiger partial charge in [-0.05, 0) is 31.5 Å². The van der Waals surface area contributed by atoms with Crippen molar-refractivity contribution >= 4 is 5.91 Å². The SMILES string of the molecule is Cc1cccc(-c2cc(C(N)=O)c(C)n2C)c1. The molecular weight excluding hydrogens is 212 g/mol. The first kappa shape index (κ1) is 11.5. The van der Waals surface area contributed by atoms with Crippen LogP contribution in [0.15, 0.2) is 30.3 Å². The van der Waals surface area contributed by atoms with Gasteiger partial charge in [-0.3, -0.25) is 4.79 Å². The molecule has 17 heavy (non-hydrogen) atoms. The van der Waals surface area contributed by atoms with Gasteiger partial charge in [0.15, 0.2) is 0 Å². The van der Waals surface area contributed by atoms with Crippen LogP contribution < -0.4 is 5.73 Å². The van der Waals surface area contributed by atoms with Gasteiger partial charge in [0.1, 0.15) is 0 Å². The maximum absolute atomic E-state index is 11.3. The van der Waals surface area contributed by atoms with Gasteiger partial charge in [-0.1, -0.05) is 23.8 Å². The van der Waals surface area contributed by atoms with Crippen LogP contribution in [0.3, 0.4) is 0 Å². The number of aromatic nitrogens is 1. The van der Waals surface area contributed by atoms with Crippen LogP contribution in [0.1, 0.15) is 21.6 Å². The highest BCUT2D eigenvalue weighted by atomic mass is 16.1. The van der Waals surface area contributed by atoms with Gasteiger partial charge in [-0.2, -0.15) is 0 Å². The van der Waals surface area contributed by atoms with Crippen molar-refractivity contribution in [3.05, 3.63) is 47.2 Å². The zero-order chi connectivity index (χ0) is 12.6. The minimum atomic E-state index is -0.378. The van der Waals surface area contributed by atoms with E-state index in [0.29, 0.717) is 5.56 Å². The third kappa shape index (κ3) is 1.96. The fraction of sp³-hybridized carbons (Fsp3) is 0.214. The molecule has 0 saturated carbocycles. The first-order chi connectivity index (χ1) is 8.00. The zero-order valence-corrected chi connectivity index (χ0v) is 10.3. The molecule has 0 radical (unpaired) electrons. The average Bonchev–Trinajstić information content (AvgIpc) is 2.56. The minimum absolute atomic E-state index is 0.378. The Bertz CT molecular complexity index is 582. The average molecular weight is 228 g/mol. The fourth-order valence-electron chi connectivity index (χ4n) is 2.03. The maximum Gasteiger partial charge on any atom is 0.250 e. The summed E-state index contributed by atoms with van der Waals surface area (Å²) in [7, 11) is 1.94. The molecule has 0 spiro atoms. The van der Waals surface area contributed by atoms with Crippen molar-refractivity contribution in [2.75, 3.05) is 0 Å². The van der Waals surface area contributed by atoms with Crippen molar-refractivity contribution < 1.29 is 4.79 Å². The number of nitrogens with two attached hydrogens (primary N) is 1. The van der Waals surface area contributed by atoms with Crippen molar-refractivity contribution in [2.24, 2.45) is 12.8 Å². The Morgan fingerprint density at radius 1 is 1.24 bits per heavy atom. The number of amides is 1. The van der Waals surface area contributed by atoms with Gasteiger partial charge >= 0.3 is 0 Å². The molecule has 88 valence electrons. The van der Waals surface area contributed by atoms with Gasteiger partial charge < -0.3 is 10.3 Å². The molecule has 1 amide bonds. The normalized spacial score (nSPS) is 10.5. The molecule has 0 bridgehead atoms. The van der Waals surface area contributed by atoms with Crippen LogP contribution in [0, 0.1) is 13.8 Å². The molecule has 2 rings (SSSR count). The summed E-state index contributed by atoms with van der Waals surface area (Å²) < 4.78 is 1.99. The van der Waals surface area contributed by atoms with E-state index in [9.17, 15) is 4.79 Å². The van der Waals surface area contributed by atoms with Crippen LogP contribution in [0.2, 0.25) is 0 Å². The number of carbonyl (C=O) groups excluding carboxylic acids is 1. The van der Waals surface area contributed by atoms with Gasteiger partial charge in [0, 0.05) is 18.4 Å². The van der Waals surface area contributed by atoms with Crippen molar-refractivity contribution in [1.29, 1.82) is 0 Å². The molecule has 0 unspecified atom stereocenters. The number of primary amides is 1. The van der Waals surface area contributed by atoms with Crippen molar-refractivity contribution in [3.63, 3.8) is 0 Å². The van der Waals surface area contributed by atoms with Gasteiger partial charge in [-0.25, -0.2) is 0 Å². The maximum atomic E-state index is 11.3. The molecule has 0 atom stereocenters. The Kier molecular flexibility index (Phi) is 2.76. The molecule has 0 fully saturated rings. The molecule has 1 aromatic carbocycles. The summed E-state index contributed by atoms with van der Waals surface area (Å²) in [4.78, 5) is 11.3. The first-order valence-electron chi connectivity index (χ1n) is 5.54. The van der Waals surface area contributed by atoms with E-state index in [1.54, 1.807) is 0 Å². The number of rotatable bonds is 2. The van der Waals surface area contributed by atoms with Gasteiger partial charge in [0.2, 0.25) is 0 Å². The highest BCUT2D eigenvalue weighted by Crippen LogP contribution is 2.25. The number of hydrogen-bond donors (Lipinski definition) is 1. The number of aryl methyl sites for hydroxylation is 1. The number of hydrogen-bond acceptors (Lipinski definition) is 1. The first-order valence-corrected chi connectivity index (χ1v) is 5.54. The van der Waals surface area contributed by atoms with Crippen molar-refractivity contribution in [1.82, 2.24) is 4.57 Å². The van der Waals surface area contributed by atoms with E-state index in [-0.39, 0.29) is 5.91 Å². The Labute approximate surface area is 101 Å². The lowest BCUT2D eigenvalue weighted by molar-refractivity contribution is 0.0999. The molecule has 3 nitrogen and oxygen atoms in total. The van der Waals surface area contributed by atoms with Crippen LogP contribution in [-0.2, 0) is 7.05 Å². The predicted octanol–water partition coefficient (Wildman–Crippen LogP) is 2.41. The number of benzene rings is 1. The molecule has 0 aliphatic carbocycles. The van der Waals surface area contributed by atoms with Crippen LogP contribution in [0.5, 0.6) is 0 Å². The lowest BCUT2D eigenvalue weighted by Crippen LogP contribution is -2.11. The summed E-state index contributed by atoms with van der Waals surface area (Å²) in [5, 5.41) is 0. The van der Waals surface area contributed by atoms with Crippen molar-refractivity contribution in [3.8, 4) is 11.3 Å². The Morgan fingerprint density at radius 3 is 2.47 bits per heavy atom. The second-order valence-electron chi connectivity index (χ2n) is 4.32. The minimum Gasteiger partial charge on any atom is -0.366 e. The molecule has 0 aliphatic rings. The van der Waals surface area contributed by atoms with Gasteiger partial charge in [0.25, 0.3) is 5.91 Å². The highest BCUT2D eigenvalue weighted by molar-refractivity contribution is 5.95. The Morgan fingerprint density at radius 2 is 1.94 bits per heavy atom. The highest BCUT2D eigenvalue weighted by Gasteiger charge is 2.14. The van der Waals surface area contributed by atoms with E-state index >= 15 is 0 Å². The molecule has 3 heteroatoms. The third-order valence-corrected chi connectivity index (χ3v) is 3.11. The lowest BCUT2D eigenvalue weighted by Gasteiger charge is -2.05. The molecule has 2 aromatic rings. The standard InChI is InChI=1S/C14H16N2O/c1-9-5-4-6-11(7-9)13-8-12(14(15)17)10(2)16(13)3/h4-8H,1-3H3,(H2,15,17). The summed E-state index contributed by atoms with van der Waals surface area (Å²) >= 11 is 0. The van der Waals surface area contributed by atoms with Gasteiger partial charge in [0.05, 0.1) is 5.56 Å². The fourth-order valence-corrected chi connectivity index (χ4v) is 2.03. The van der Waals surface area contributed by atoms with Crippen molar-refractivity contribution in [2.45, 2.75) is 13.8 Å². The summed E-state index contributed by atoms with van der Waals surface area (Å²) in [6.45, 7) is 3.95. The molecular formula is C14H16N2O. The number of nitrogens with zero attached hydrogens (tertiary/aromatic N) is 1. The summed E-state index contributed by atoms with van der Waals surface area (Å²) in [6.07, 6.45) is 0. The topological polar surface area (TPSA) is 48.0 Å². The monoisotopic (exact) mass is 228 g/mol. The van der Waals surface area contributed by atoms with E-state index < -0.39 is 0 Å². The van der Waals surface area contributed by atoms with E-state index in [1.807, 2.05) is 49.7 Å². The zero-order valence-electron chi connectivity index (χ0n) is 10.3. The van der Waals surface area contributed by atoms with Crippen LogP contribution in [-0.4, -0.2) is 10.5 Å². The van der Waals surface area contributed by atoms with Crippen LogP contribution >= 0.6 is 0 Å². The smallest absolute Gasteiger partial charge is 0.250 e. The Hall–Kier alpha value is -2.03. The molecule has 0 saturated heterocycles.